The van der Waals surface area contributed by atoms with Crippen LogP contribution in [0.4, 0.5) is 0 Å². The van der Waals surface area contributed by atoms with Gasteiger partial charge in [0, 0.05) is 18.5 Å². The first kappa shape index (κ1) is 9.81. The van der Waals surface area contributed by atoms with Crippen LogP contribution in [0.15, 0.2) is 47.4 Å². The Labute approximate surface area is 94.4 Å². The summed E-state index contributed by atoms with van der Waals surface area (Å²) >= 11 is 0. The van der Waals surface area contributed by atoms with Crippen molar-refractivity contribution in [3.8, 4) is 0 Å². The fourth-order valence-corrected chi connectivity index (χ4v) is 3.40. The molecular weight excluding hydrogens is 222 g/mol. The lowest BCUT2D eigenvalue weighted by atomic mass is 10.1. The van der Waals surface area contributed by atoms with Crippen molar-refractivity contribution in [1.29, 1.82) is 0 Å². The van der Waals surface area contributed by atoms with Crippen LogP contribution in [0, 0.1) is 0 Å². The predicted octanol–water partition coefficient (Wildman–Crippen LogP) is 1.84. The summed E-state index contributed by atoms with van der Waals surface area (Å²) < 4.78 is 25.7. The van der Waals surface area contributed by atoms with Gasteiger partial charge in [-0.05, 0) is 11.5 Å². The second-order valence-electron chi connectivity index (χ2n) is 3.88. The molecule has 3 nitrogen and oxygen atoms in total. The normalized spacial score (nSPS) is 16.5. The predicted molar refractivity (Wildman–Crippen MR) is 62.7 cm³/mol. The van der Waals surface area contributed by atoms with E-state index < -0.39 is 10.0 Å². The van der Waals surface area contributed by atoms with Gasteiger partial charge in [0.25, 0.3) is 0 Å². The lowest BCUT2D eigenvalue weighted by Gasteiger charge is -2.07. The molecule has 2 aromatic carbocycles. The molecule has 16 heavy (non-hydrogen) atoms. The Balaban J connectivity index is 2.31. The average Bonchev–Trinajstić information content (AvgIpc) is 3.12. The van der Waals surface area contributed by atoms with E-state index in [0.29, 0.717) is 18.0 Å². The van der Waals surface area contributed by atoms with Gasteiger partial charge < -0.3 is 0 Å². The fraction of sp³-hybridized carbons (Fsp3) is 0.167. The first-order valence-electron chi connectivity index (χ1n) is 5.17. The number of hydrogen-bond donors (Lipinski definition) is 0. The Morgan fingerprint density at radius 1 is 0.938 bits per heavy atom. The Kier molecular flexibility index (Phi) is 2.02. The molecular formula is C12H11NO2S. The molecule has 1 fully saturated rings. The van der Waals surface area contributed by atoms with Gasteiger partial charge in [-0.1, -0.05) is 36.4 Å². The molecule has 0 atom stereocenters. The number of hydrogen-bond acceptors (Lipinski definition) is 2. The zero-order chi connectivity index (χ0) is 11.2. The molecule has 2 aromatic rings. The molecule has 0 unspecified atom stereocenters. The summed E-state index contributed by atoms with van der Waals surface area (Å²) in [6.07, 6.45) is 0. The van der Waals surface area contributed by atoms with Crippen molar-refractivity contribution in [3.05, 3.63) is 42.5 Å². The first-order valence-corrected chi connectivity index (χ1v) is 6.61. The van der Waals surface area contributed by atoms with E-state index in [1.54, 1.807) is 12.1 Å². The quantitative estimate of drug-likeness (QED) is 0.742. The molecule has 0 saturated carbocycles. The van der Waals surface area contributed by atoms with E-state index in [2.05, 4.69) is 0 Å². The standard InChI is InChI=1S/C12H11NO2S/c14-16(15,13-8-9-13)12-7-3-5-10-4-1-2-6-11(10)12/h1-7H,8-9H2. The van der Waals surface area contributed by atoms with Gasteiger partial charge in [0.05, 0.1) is 4.90 Å². The summed E-state index contributed by atoms with van der Waals surface area (Å²) in [5.41, 5.74) is 0. The zero-order valence-corrected chi connectivity index (χ0v) is 9.44. The topological polar surface area (TPSA) is 37.1 Å². The highest BCUT2D eigenvalue weighted by Crippen LogP contribution is 2.28. The molecule has 4 heteroatoms. The van der Waals surface area contributed by atoms with Crippen LogP contribution in [-0.2, 0) is 10.0 Å². The van der Waals surface area contributed by atoms with Gasteiger partial charge >= 0.3 is 0 Å². The van der Waals surface area contributed by atoms with Crippen LogP contribution >= 0.6 is 0 Å². The summed E-state index contributed by atoms with van der Waals surface area (Å²) in [5.74, 6) is 0. The van der Waals surface area contributed by atoms with E-state index >= 15 is 0 Å². The van der Waals surface area contributed by atoms with Gasteiger partial charge in [-0.3, -0.25) is 0 Å². The Morgan fingerprint density at radius 3 is 2.38 bits per heavy atom. The molecule has 1 saturated heterocycles. The highest BCUT2D eigenvalue weighted by molar-refractivity contribution is 7.89. The SMILES string of the molecule is O=S(=O)(c1cccc2ccccc12)N1CC1. The lowest BCUT2D eigenvalue weighted by Crippen LogP contribution is -2.11. The Bertz CT molecular complexity index is 640. The van der Waals surface area contributed by atoms with Crippen LogP contribution in [-0.4, -0.2) is 25.8 Å². The highest BCUT2D eigenvalue weighted by Gasteiger charge is 2.34. The molecule has 0 N–H and O–H groups in total. The van der Waals surface area contributed by atoms with Crippen LogP contribution in [0.1, 0.15) is 0 Å². The molecule has 0 amide bonds. The van der Waals surface area contributed by atoms with Crippen molar-refractivity contribution in [1.82, 2.24) is 4.31 Å². The van der Waals surface area contributed by atoms with E-state index in [0.717, 1.165) is 10.8 Å². The van der Waals surface area contributed by atoms with Crippen molar-refractivity contribution in [2.24, 2.45) is 0 Å². The molecule has 1 aliphatic rings. The second-order valence-corrected chi connectivity index (χ2v) is 5.79. The number of rotatable bonds is 2. The van der Waals surface area contributed by atoms with Gasteiger partial charge in [-0.2, -0.15) is 4.31 Å². The third-order valence-corrected chi connectivity index (χ3v) is 4.73. The van der Waals surface area contributed by atoms with E-state index in [-0.39, 0.29) is 0 Å². The monoisotopic (exact) mass is 233 g/mol. The summed E-state index contributed by atoms with van der Waals surface area (Å²) in [7, 11) is -3.26. The van der Waals surface area contributed by atoms with Gasteiger partial charge in [-0.15, -0.1) is 0 Å². The minimum Gasteiger partial charge on any atom is -0.207 e. The van der Waals surface area contributed by atoms with E-state index in [4.69, 9.17) is 0 Å². The summed E-state index contributed by atoms with van der Waals surface area (Å²) in [5, 5.41) is 1.77. The number of nitrogens with zero attached hydrogens (tertiary/aromatic N) is 1. The van der Waals surface area contributed by atoms with Crippen LogP contribution in [0.2, 0.25) is 0 Å². The van der Waals surface area contributed by atoms with Crippen molar-refractivity contribution < 1.29 is 8.42 Å². The van der Waals surface area contributed by atoms with Gasteiger partial charge in [-0.25, -0.2) is 8.42 Å². The van der Waals surface area contributed by atoms with Crippen LogP contribution in [0.5, 0.6) is 0 Å². The van der Waals surface area contributed by atoms with E-state index in [1.807, 2.05) is 30.3 Å². The first-order chi connectivity index (χ1) is 7.69. The summed E-state index contributed by atoms with van der Waals surface area (Å²) in [6.45, 7) is 1.29. The minimum atomic E-state index is -3.26. The molecule has 0 spiro atoms. The maximum atomic E-state index is 12.1. The maximum Gasteiger partial charge on any atom is 0.243 e. The van der Waals surface area contributed by atoms with Crippen molar-refractivity contribution in [3.63, 3.8) is 0 Å². The van der Waals surface area contributed by atoms with Crippen LogP contribution in [0.3, 0.4) is 0 Å². The molecule has 0 aromatic heterocycles. The van der Waals surface area contributed by atoms with E-state index in [1.165, 1.54) is 4.31 Å². The van der Waals surface area contributed by atoms with E-state index in [9.17, 15) is 8.42 Å². The lowest BCUT2D eigenvalue weighted by molar-refractivity contribution is 0.564. The fourth-order valence-electron chi connectivity index (χ4n) is 1.84. The average molecular weight is 233 g/mol. The largest absolute Gasteiger partial charge is 0.243 e. The van der Waals surface area contributed by atoms with Crippen molar-refractivity contribution in [2.75, 3.05) is 13.1 Å². The third kappa shape index (κ3) is 1.42. The highest BCUT2D eigenvalue weighted by atomic mass is 32.2. The van der Waals surface area contributed by atoms with Gasteiger partial charge in [0.2, 0.25) is 10.0 Å². The van der Waals surface area contributed by atoms with Gasteiger partial charge in [0.15, 0.2) is 0 Å². The third-order valence-electron chi connectivity index (χ3n) is 2.77. The smallest absolute Gasteiger partial charge is 0.207 e. The number of fused-ring (bicyclic) bond motifs is 1. The van der Waals surface area contributed by atoms with Crippen LogP contribution < -0.4 is 0 Å². The molecule has 0 bridgehead atoms. The minimum absolute atomic E-state index is 0.420. The van der Waals surface area contributed by atoms with Crippen molar-refractivity contribution >= 4 is 20.8 Å². The van der Waals surface area contributed by atoms with Crippen LogP contribution in [0.25, 0.3) is 10.8 Å². The molecule has 0 radical (unpaired) electrons. The van der Waals surface area contributed by atoms with Crippen molar-refractivity contribution in [2.45, 2.75) is 4.90 Å². The number of sulfonamides is 1. The van der Waals surface area contributed by atoms with Gasteiger partial charge in [0.1, 0.15) is 0 Å². The second kappa shape index (κ2) is 3.30. The Morgan fingerprint density at radius 2 is 1.62 bits per heavy atom. The zero-order valence-electron chi connectivity index (χ0n) is 8.63. The summed E-state index contributed by atoms with van der Waals surface area (Å²) in [4.78, 5) is 0.420. The molecule has 1 aliphatic heterocycles. The Hall–Kier alpha value is -1.39. The molecule has 82 valence electrons. The molecule has 3 rings (SSSR count). The summed E-state index contributed by atoms with van der Waals surface area (Å²) in [6, 6.07) is 13.0. The maximum absolute atomic E-state index is 12.1. The number of benzene rings is 2. The molecule has 1 heterocycles. The molecule has 0 aliphatic carbocycles.